The second-order valence-corrected chi connectivity index (χ2v) is 8.42. The zero-order valence-corrected chi connectivity index (χ0v) is 15.6. The number of nitrogens with two attached hydrogens (primary N) is 1. The molecule has 4 heteroatoms. The molecular formula is C19H32N2O2. The first kappa shape index (κ1) is 19.5. The molecular weight excluding hydrogens is 288 g/mol. The highest BCUT2D eigenvalue weighted by molar-refractivity contribution is 5.68. The maximum atomic E-state index is 12.0. The van der Waals surface area contributed by atoms with Crippen LogP contribution in [0.25, 0.3) is 0 Å². The van der Waals surface area contributed by atoms with Gasteiger partial charge in [0.1, 0.15) is 5.60 Å². The van der Waals surface area contributed by atoms with Crippen molar-refractivity contribution in [1.82, 2.24) is 5.32 Å². The molecule has 23 heavy (non-hydrogen) atoms. The molecule has 1 unspecified atom stereocenters. The monoisotopic (exact) mass is 320 g/mol. The number of carbonyl (C=O) groups is 1. The predicted octanol–water partition coefficient (Wildman–Crippen LogP) is 3.73. The van der Waals surface area contributed by atoms with Gasteiger partial charge in [-0.25, -0.2) is 4.79 Å². The highest BCUT2D eigenvalue weighted by Gasteiger charge is 2.31. The third-order valence-electron chi connectivity index (χ3n) is 3.86. The molecule has 0 heterocycles. The number of hydrogen-bond donors (Lipinski definition) is 2. The van der Waals surface area contributed by atoms with Gasteiger partial charge in [-0.15, -0.1) is 0 Å². The van der Waals surface area contributed by atoms with E-state index < -0.39 is 11.7 Å². The van der Waals surface area contributed by atoms with Crippen LogP contribution in [0.2, 0.25) is 0 Å². The molecule has 0 aliphatic carbocycles. The number of rotatable bonds is 4. The van der Waals surface area contributed by atoms with Crippen molar-refractivity contribution in [3.05, 3.63) is 35.4 Å². The van der Waals surface area contributed by atoms with Gasteiger partial charge in [-0.3, -0.25) is 0 Å². The lowest BCUT2D eigenvalue weighted by molar-refractivity contribution is 0.0516. The maximum Gasteiger partial charge on any atom is 0.407 e. The van der Waals surface area contributed by atoms with Gasteiger partial charge in [-0.2, -0.15) is 0 Å². The van der Waals surface area contributed by atoms with Crippen molar-refractivity contribution in [1.29, 1.82) is 0 Å². The molecule has 4 nitrogen and oxygen atoms in total. The first-order chi connectivity index (χ1) is 10.4. The highest BCUT2D eigenvalue weighted by Crippen LogP contribution is 2.33. The van der Waals surface area contributed by atoms with Crippen LogP contribution in [0.5, 0.6) is 0 Å². The lowest BCUT2D eigenvalue weighted by Gasteiger charge is -2.35. The second kappa shape index (κ2) is 6.91. The fourth-order valence-corrected chi connectivity index (χ4v) is 2.52. The van der Waals surface area contributed by atoms with Gasteiger partial charge in [0.15, 0.2) is 0 Å². The quantitative estimate of drug-likeness (QED) is 0.888. The van der Waals surface area contributed by atoms with Gasteiger partial charge in [0.2, 0.25) is 0 Å². The Hall–Kier alpha value is -1.55. The van der Waals surface area contributed by atoms with Crippen molar-refractivity contribution < 1.29 is 9.53 Å². The molecule has 1 atom stereocenters. The van der Waals surface area contributed by atoms with Crippen molar-refractivity contribution in [2.75, 3.05) is 13.1 Å². The van der Waals surface area contributed by atoms with Gasteiger partial charge >= 0.3 is 6.09 Å². The number of ether oxygens (including phenoxy) is 1. The van der Waals surface area contributed by atoms with E-state index in [1.807, 2.05) is 32.9 Å². The van der Waals surface area contributed by atoms with Crippen molar-refractivity contribution in [2.45, 2.75) is 64.9 Å². The zero-order valence-electron chi connectivity index (χ0n) is 15.6. The highest BCUT2D eigenvalue weighted by atomic mass is 16.6. The summed E-state index contributed by atoms with van der Waals surface area (Å²) in [6.07, 6.45) is -0.412. The first-order valence-electron chi connectivity index (χ1n) is 8.16. The number of carbonyl (C=O) groups excluding carboxylic acids is 1. The molecule has 0 bridgehead atoms. The summed E-state index contributed by atoms with van der Waals surface area (Å²) in [5.74, 6) is 0. The SMILES string of the molecule is CC(C)(C)OC(=O)NCC(C)(CN)c1ccccc1C(C)(C)C. The summed E-state index contributed by atoms with van der Waals surface area (Å²) in [5, 5.41) is 2.87. The van der Waals surface area contributed by atoms with E-state index in [1.165, 1.54) is 11.1 Å². The Labute approximate surface area is 140 Å². The Balaban J connectivity index is 3.01. The van der Waals surface area contributed by atoms with Crippen LogP contribution < -0.4 is 11.1 Å². The van der Waals surface area contributed by atoms with E-state index in [2.05, 4.69) is 45.1 Å². The summed E-state index contributed by atoms with van der Waals surface area (Å²) in [7, 11) is 0. The molecule has 0 aromatic heterocycles. The number of nitrogens with one attached hydrogen (secondary N) is 1. The number of benzene rings is 1. The Bertz CT molecular complexity index is 541. The minimum absolute atomic E-state index is 0.0128. The Morgan fingerprint density at radius 2 is 1.57 bits per heavy atom. The van der Waals surface area contributed by atoms with Crippen molar-refractivity contribution in [2.24, 2.45) is 5.73 Å². The molecule has 1 aromatic carbocycles. The molecule has 0 radical (unpaired) electrons. The maximum absolute atomic E-state index is 12.0. The lowest BCUT2D eigenvalue weighted by atomic mass is 9.73. The van der Waals surface area contributed by atoms with E-state index in [0.29, 0.717) is 13.1 Å². The average molecular weight is 320 g/mol. The number of amides is 1. The van der Waals surface area contributed by atoms with Crippen LogP contribution in [0.3, 0.4) is 0 Å². The van der Waals surface area contributed by atoms with E-state index >= 15 is 0 Å². The molecule has 1 rings (SSSR count). The van der Waals surface area contributed by atoms with Crippen LogP contribution >= 0.6 is 0 Å². The molecule has 1 amide bonds. The Kier molecular flexibility index (Phi) is 5.86. The summed E-state index contributed by atoms with van der Waals surface area (Å²) in [5.41, 5.74) is 7.65. The third-order valence-corrected chi connectivity index (χ3v) is 3.86. The summed E-state index contributed by atoms with van der Waals surface area (Å²) in [6, 6.07) is 8.30. The molecule has 0 saturated heterocycles. The van der Waals surface area contributed by atoms with Gasteiger partial charge in [0.05, 0.1) is 0 Å². The van der Waals surface area contributed by atoms with Crippen LogP contribution in [-0.4, -0.2) is 24.8 Å². The molecule has 1 aromatic rings. The third kappa shape index (κ3) is 5.54. The summed E-state index contributed by atoms with van der Waals surface area (Å²) < 4.78 is 5.32. The average Bonchev–Trinajstić information content (AvgIpc) is 2.42. The van der Waals surface area contributed by atoms with Gasteiger partial charge in [0.25, 0.3) is 0 Å². The summed E-state index contributed by atoms with van der Waals surface area (Å²) >= 11 is 0. The molecule has 0 aliphatic heterocycles. The standard InChI is InChI=1S/C19H32N2O2/c1-17(2,3)14-10-8-9-11-15(14)19(7,12-20)13-21-16(22)23-18(4,5)6/h8-11H,12-13,20H2,1-7H3,(H,21,22). The zero-order chi connectivity index (χ0) is 17.9. The van der Waals surface area contributed by atoms with E-state index in [4.69, 9.17) is 10.5 Å². The minimum atomic E-state index is -0.507. The fourth-order valence-electron chi connectivity index (χ4n) is 2.52. The molecule has 0 fully saturated rings. The Morgan fingerprint density at radius 3 is 2.00 bits per heavy atom. The minimum Gasteiger partial charge on any atom is -0.444 e. The van der Waals surface area contributed by atoms with E-state index in [0.717, 1.165) is 0 Å². The topological polar surface area (TPSA) is 64.3 Å². The van der Waals surface area contributed by atoms with Crippen LogP contribution in [-0.2, 0) is 15.6 Å². The Morgan fingerprint density at radius 1 is 1.04 bits per heavy atom. The fraction of sp³-hybridized carbons (Fsp3) is 0.632. The molecule has 0 saturated carbocycles. The van der Waals surface area contributed by atoms with Crippen molar-refractivity contribution in [3.8, 4) is 0 Å². The van der Waals surface area contributed by atoms with Gasteiger partial charge in [-0.05, 0) is 37.3 Å². The van der Waals surface area contributed by atoms with Gasteiger partial charge in [0, 0.05) is 18.5 Å². The van der Waals surface area contributed by atoms with Crippen LogP contribution in [0, 0.1) is 0 Å². The van der Waals surface area contributed by atoms with E-state index in [-0.39, 0.29) is 10.8 Å². The molecule has 3 N–H and O–H groups in total. The van der Waals surface area contributed by atoms with E-state index in [9.17, 15) is 4.79 Å². The normalized spacial score (nSPS) is 15.0. The number of alkyl carbamates (subject to hydrolysis) is 1. The van der Waals surface area contributed by atoms with Gasteiger partial charge in [-0.1, -0.05) is 52.0 Å². The first-order valence-corrected chi connectivity index (χ1v) is 8.16. The summed E-state index contributed by atoms with van der Waals surface area (Å²) in [4.78, 5) is 12.0. The largest absolute Gasteiger partial charge is 0.444 e. The predicted molar refractivity (Wildman–Crippen MR) is 95.8 cm³/mol. The van der Waals surface area contributed by atoms with E-state index in [1.54, 1.807) is 0 Å². The molecule has 130 valence electrons. The molecule has 0 spiro atoms. The van der Waals surface area contributed by atoms with Crippen LogP contribution in [0.4, 0.5) is 4.79 Å². The number of hydrogen-bond acceptors (Lipinski definition) is 3. The lowest BCUT2D eigenvalue weighted by Crippen LogP contribution is -2.46. The second-order valence-electron chi connectivity index (χ2n) is 8.42. The van der Waals surface area contributed by atoms with Gasteiger partial charge < -0.3 is 15.8 Å². The molecule has 0 aliphatic rings. The smallest absolute Gasteiger partial charge is 0.407 e. The summed E-state index contributed by atoms with van der Waals surface area (Å²) in [6.45, 7) is 15.1. The van der Waals surface area contributed by atoms with Crippen LogP contribution in [0.15, 0.2) is 24.3 Å². The van der Waals surface area contributed by atoms with Crippen LogP contribution in [0.1, 0.15) is 59.6 Å². The van der Waals surface area contributed by atoms with Crippen molar-refractivity contribution in [3.63, 3.8) is 0 Å². The van der Waals surface area contributed by atoms with Crippen molar-refractivity contribution >= 4 is 6.09 Å².